The molecular formula is C23H28N4O4. The van der Waals surface area contributed by atoms with Gasteiger partial charge in [0.05, 0.1) is 5.69 Å². The van der Waals surface area contributed by atoms with Crippen LogP contribution in [0, 0.1) is 0 Å². The lowest BCUT2D eigenvalue weighted by molar-refractivity contribution is -0.118. The molecule has 164 valence electrons. The van der Waals surface area contributed by atoms with Gasteiger partial charge in [0.25, 0.3) is 11.5 Å². The fourth-order valence-electron chi connectivity index (χ4n) is 3.39. The monoisotopic (exact) mass is 424 g/mol. The average Bonchev–Trinajstić information content (AvgIpc) is 2.74. The smallest absolute Gasteiger partial charge is 0.332 e. The van der Waals surface area contributed by atoms with Crippen LogP contribution in [0.5, 0.6) is 5.75 Å². The van der Waals surface area contributed by atoms with Crippen LogP contribution < -0.4 is 21.3 Å². The molecule has 0 spiro atoms. The van der Waals surface area contributed by atoms with E-state index in [0.29, 0.717) is 22.9 Å². The average molecular weight is 425 g/mol. The second kappa shape index (κ2) is 8.75. The second-order valence-corrected chi connectivity index (χ2v) is 8.21. The van der Waals surface area contributed by atoms with Crippen molar-refractivity contribution in [1.82, 2.24) is 14.1 Å². The topological polar surface area (TPSA) is 95.2 Å². The van der Waals surface area contributed by atoms with Crippen LogP contribution in [0.2, 0.25) is 0 Å². The predicted molar refractivity (Wildman–Crippen MR) is 121 cm³/mol. The minimum absolute atomic E-state index is 0.00126. The Labute approximate surface area is 180 Å². The van der Waals surface area contributed by atoms with Gasteiger partial charge in [-0.15, -0.1) is 0 Å². The summed E-state index contributed by atoms with van der Waals surface area (Å²) in [5.74, 6) is 0.587. The zero-order valence-corrected chi connectivity index (χ0v) is 18.7. The summed E-state index contributed by atoms with van der Waals surface area (Å²) in [7, 11) is 2.95. The molecule has 2 aromatic heterocycles. The Balaban J connectivity index is 1.94. The first-order valence-electron chi connectivity index (χ1n) is 10.2. The van der Waals surface area contributed by atoms with E-state index in [1.54, 1.807) is 13.2 Å². The molecule has 0 aliphatic heterocycles. The molecule has 0 fully saturated rings. The highest BCUT2D eigenvalue weighted by atomic mass is 16.5. The van der Waals surface area contributed by atoms with Crippen LogP contribution in [0.3, 0.4) is 0 Å². The molecule has 0 unspecified atom stereocenters. The van der Waals surface area contributed by atoms with Crippen molar-refractivity contribution in [3.63, 3.8) is 0 Å². The zero-order valence-electron chi connectivity index (χ0n) is 18.7. The van der Waals surface area contributed by atoms with Gasteiger partial charge in [-0.3, -0.25) is 18.7 Å². The third kappa shape index (κ3) is 4.38. The summed E-state index contributed by atoms with van der Waals surface area (Å²) in [6.07, 6.45) is 1.59. The van der Waals surface area contributed by atoms with Crippen molar-refractivity contribution in [1.29, 1.82) is 0 Å². The lowest BCUT2D eigenvalue weighted by atomic mass is 10.0. The van der Waals surface area contributed by atoms with E-state index in [2.05, 4.69) is 24.1 Å². The molecule has 0 saturated heterocycles. The number of carbonyl (C=O) groups is 1. The minimum Gasteiger partial charge on any atom is -0.484 e. The third-order valence-electron chi connectivity index (χ3n) is 5.30. The molecular weight excluding hydrogens is 396 g/mol. The molecule has 8 heteroatoms. The molecule has 0 radical (unpaired) electrons. The molecule has 1 aromatic carbocycles. The molecule has 1 amide bonds. The van der Waals surface area contributed by atoms with Gasteiger partial charge in [-0.05, 0) is 35.1 Å². The molecule has 3 aromatic rings. The van der Waals surface area contributed by atoms with Crippen molar-refractivity contribution in [3.8, 4) is 5.75 Å². The number of amides is 1. The molecule has 0 atom stereocenters. The number of carbonyl (C=O) groups excluding carboxylic acids is 1. The number of aromatic nitrogens is 3. The highest BCUT2D eigenvalue weighted by molar-refractivity contribution is 6.01. The number of anilines is 1. The number of hydrogen-bond acceptors (Lipinski definition) is 5. The van der Waals surface area contributed by atoms with Gasteiger partial charge in [0.2, 0.25) is 0 Å². The lowest BCUT2D eigenvalue weighted by Gasteiger charge is -2.17. The van der Waals surface area contributed by atoms with Crippen LogP contribution in [-0.2, 0) is 18.9 Å². The number of pyridine rings is 1. The molecule has 8 nitrogen and oxygen atoms in total. The standard InChI is InChI=1S/C23H28N4O4/c1-13(2)15-7-9-16(10-8-15)31-12-18(28)25-20-17(14(3)4)11-24-21-19(20)22(29)27(6)23(30)26(21)5/h7-11,13-14H,12H2,1-6H3,(H,24,25,28). The van der Waals surface area contributed by atoms with Crippen molar-refractivity contribution in [3.05, 3.63) is 62.4 Å². The first kappa shape index (κ1) is 22.3. The molecule has 0 bridgehead atoms. The number of aryl methyl sites for hydroxylation is 1. The van der Waals surface area contributed by atoms with Gasteiger partial charge in [-0.1, -0.05) is 39.8 Å². The van der Waals surface area contributed by atoms with Crippen LogP contribution in [0.25, 0.3) is 11.0 Å². The highest BCUT2D eigenvalue weighted by Gasteiger charge is 2.20. The summed E-state index contributed by atoms with van der Waals surface area (Å²) >= 11 is 0. The van der Waals surface area contributed by atoms with E-state index in [0.717, 1.165) is 4.57 Å². The Morgan fingerprint density at radius 2 is 1.68 bits per heavy atom. The Hall–Kier alpha value is -3.42. The van der Waals surface area contributed by atoms with Gasteiger partial charge in [0.1, 0.15) is 11.1 Å². The van der Waals surface area contributed by atoms with E-state index < -0.39 is 17.2 Å². The maximum atomic E-state index is 12.9. The maximum Gasteiger partial charge on any atom is 0.332 e. The number of rotatable bonds is 6. The Morgan fingerprint density at radius 1 is 1.03 bits per heavy atom. The van der Waals surface area contributed by atoms with Crippen molar-refractivity contribution >= 4 is 22.6 Å². The summed E-state index contributed by atoms with van der Waals surface area (Å²) in [6.45, 7) is 7.88. The van der Waals surface area contributed by atoms with Gasteiger partial charge >= 0.3 is 5.69 Å². The minimum atomic E-state index is -0.506. The molecule has 2 heterocycles. The van der Waals surface area contributed by atoms with Gasteiger partial charge in [-0.2, -0.15) is 0 Å². The van der Waals surface area contributed by atoms with Crippen molar-refractivity contribution in [2.75, 3.05) is 11.9 Å². The fourth-order valence-corrected chi connectivity index (χ4v) is 3.39. The van der Waals surface area contributed by atoms with Crippen LogP contribution >= 0.6 is 0 Å². The quantitative estimate of drug-likeness (QED) is 0.657. The first-order chi connectivity index (χ1) is 14.6. The number of benzene rings is 1. The van der Waals surface area contributed by atoms with Gasteiger partial charge < -0.3 is 10.1 Å². The van der Waals surface area contributed by atoms with E-state index in [-0.39, 0.29) is 23.6 Å². The summed E-state index contributed by atoms with van der Waals surface area (Å²) in [4.78, 5) is 42.1. The van der Waals surface area contributed by atoms with Crippen LogP contribution in [0.15, 0.2) is 40.1 Å². The predicted octanol–water partition coefficient (Wildman–Crippen LogP) is 2.90. The van der Waals surface area contributed by atoms with E-state index >= 15 is 0 Å². The first-order valence-corrected chi connectivity index (χ1v) is 10.2. The lowest BCUT2D eigenvalue weighted by Crippen LogP contribution is -2.38. The Bertz CT molecular complexity index is 1240. The van der Waals surface area contributed by atoms with E-state index in [9.17, 15) is 14.4 Å². The Morgan fingerprint density at radius 3 is 2.26 bits per heavy atom. The normalized spacial score (nSPS) is 11.4. The molecule has 1 N–H and O–H groups in total. The third-order valence-corrected chi connectivity index (χ3v) is 5.30. The molecule has 0 aliphatic carbocycles. The van der Waals surface area contributed by atoms with Crippen LogP contribution in [0.4, 0.5) is 5.69 Å². The van der Waals surface area contributed by atoms with Gasteiger partial charge in [0.15, 0.2) is 12.3 Å². The highest BCUT2D eigenvalue weighted by Crippen LogP contribution is 2.28. The number of nitrogens with one attached hydrogen (secondary N) is 1. The van der Waals surface area contributed by atoms with E-state index in [1.807, 2.05) is 38.1 Å². The maximum absolute atomic E-state index is 12.9. The fraction of sp³-hybridized carbons (Fsp3) is 0.391. The second-order valence-electron chi connectivity index (χ2n) is 8.21. The van der Waals surface area contributed by atoms with Crippen LogP contribution in [-0.4, -0.2) is 26.6 Å². The molecule has 0 aliphatic rings. The van der Waals surface area contributed by atoms with Gasteiger partial charge in [0, 0.05) is 20.3 Å². The van der Waals surface area contributed by atoms with Gasteiger partial charge in [-0.25, -0.2) is 9.78 Å². The van der Waals surface area contributed by atoms with Crippen molar-refractivity contribution in [2.24, 2.45) is 14.1 Å². The van der Waals surface area contributed by atoms with E-state index in [4.69, 9.17) is 4.74 Å². The largest absolute Gasteiger partial charge is 0.484 e. The van der Waals surface area contributed by atoms with Crippen molar-refractivity contribution in [2.45, 2.75) is 39.5 Å². The van der Waals surface area contributed by atoms with Crippen LogP contribution in [0.1, 0.15) is 50.7 Å². The number of fused-ring (bicyclic) bond motifs is 1. The molecule has 31 heavy (non-hydrogen) atoms. The summed E-state index contributed by atoms with van der Waals surface area (Å²) < 4.78 is 7.92. The van der Waals surface area contributed by atoms with Crippen molar-refractivity contribution < 1.29 is 9.53 Å². The summed E-state index contributed by atoms with van der Waals surface area (Å²) in [5, 5.41) is 3.02. The SMILES string of the molecule is CC(C)c1ccc(OCC(=O)Nc2c(C(C)C)cnc3c2c(=O)n(C)c(=O)n3C)cc1. The zero-order chi connectivity index (χ0) is 22.9. The Kier molecular flexibility index (Phi) is 6.29. The van der Waals surface area contributed by atoms with E-state index in [1.165, 1.54) is 17.2 Å². The molecule has 3 rings (SSSR count). The summed E-state index contributed by atoms with van der Waals surface area (Å²) in [5.41, 5.74) is 1.49. The number of nitrogens with zero attached hydrogens (tertiary/aromatic N) is 3. The summed E-state index contributed by atoms with van der Waals surface area (Å²) in [6, 6.07) is 7.59. The number of hydrogen-bond donors (Lipinski definition) is 1. The molecule has 0 saturated carbocycles. The number of ether oxygens (including phenoxy) is 1.